The highest BCUT2D eigenvalue weighted by molar-refractivity contribution is 4.95. The maximum Gasteiger partial charge on any atom is 0.0951 e. The molecule has 3 rings (SSSR count). The lowest BCUT2D eigenvalue weighted by molar-refractivity contribution is -0.130. The Kier molecular flexibility index (Phi) is 3.86. The summed E-state index contributed by atoms with van der Waals surface area (Å²) in [6, 6.07) is 0.655. The van der Waals surface area contributed by atoms with E-state index >= 15 is 0 Å². The third-order valence-electron chi connectivity index (χ3n) is 4.49. The van der Waals surface area contributed by atoms with Crippen LogP contribution in [-0.4, -0.2) is 73.9 Å². The van der Waals surface area contributed by atoms with Crippen molar-refractivity contribution in [3.8, 4) is 0 Å². The highest BCUT2D eigenvalue weighted by atomic mass is 16.6. The number of rotatable bonds is 2. The molecule has 0 saturated carbocycles. The minimum atomic E-state index is -0.0543. The van der Waals surface area contributed by atoms with Gasteiger partial charge in [-0.05, 0) is 12.8 Å². The molecule has 0 aromatic heterocycles. The molecule has 0 bridgehead atoms. The first-order valence-electron chi connectivity index (χ1n) is 6.99. The molecule has 0 radical (unpaired) electrons. The normalized spacial score (nSPS) is 42.5. The average molecular weight is 257 g/mol. The minimum absolute atomic E-state index is 0.0543. The molecule has 3 saturated heterocycles. The van der Waals surface area contributed by atoms with Gasteiger partial charge < -0.3 is 19.3 Å². The lowest BCUT2D eigenvalue weighted by Crippen LogP contribution is -2.57. The van der Waals surface area contributed by atoms with E-state index in [-0.39, 0.29) is 18.2 Å². The number of hydrogen-bond donors (Lipinski definition) is 1. The van der Waals surface area contributed by atoms with Crippen molar-refractivity contribution in [1.29, 1.82) is 0 Å². The van der Waals surface area contributed by atoms with Gasteiger partial charge in [-0.3, -0.25) is 4.90 Å². The second kappa shape index (κ2) is 5.43. The second-order valence-electron chi connectivity index (χ2n) is 5.63. The van der Waals surface area contributed by atoms with Crippen LogP contribution in [0.4, 0.5) is 0 Å². The number of hydrogen-bond acceptors (Lipinski definition) is 5. The van der Waals surface area contributed by atoms with Crippen LogP contribution in [0.25, 0.3) is 0 Å². The van der Waals surface area contributed by atoms with Crippen LogP contribution in [0, 0.1) is 0 Å². The van der Waals surface area contributed by atoms with Crippen molar-refractivity contribution in [3.05, 3.63) is 0 Å². The summed E-state index contributed by atoms with van der Waals surface area (Å²) in [4.78, 5) is 2.42. The molecular weight excluding hydrogens is 234 g/mol. The van der Waals surface area contributed by atoms with Gasteiger partial charge in [0.15, 0.2) is 0 Å². The fourth-order valence-electron chi connectivity index (χ4n) is 3.45. The molecular formula is C13H23NO4. The Morgan fingerprint density at radius 3 is 2.94 bits per heavy atom. The summed E-state index contributed by atoms with van der Waals surface area (Å²) in [7, 11) is 0. The van der Waals surface area contributed by atoms with Crippen molar-refractivity contribution >= 4 is 0 Å². The molecule has 0 amide bonds. The Morgan fingerprint density at radius 1 is 1.22 bits per heavy atom. The lowest BCUT2D eigenvalue weighted by Gasteiger charge is -2.46. The summed E-state index contributed by atoms with van der Waals surface area (Å²) in [6.07, 6.45) is 3.10. The molecule has 0 aliphatic carbocycles. The molecule has 3 heterocycles. The Morgan fingerprint density at radius 2 is 2.17 bits per heavy atom. The Bertz CT molecular complexity index is 280. The monoisotopic (exact) mass is 257 g/mol. The first-order valence-corrected chi connectivity index (χ1v) is 6.99. The van der Waals surface area contributed by atoms with Crippen molar-refractivity contribution < 1.29 is 19.3 Å². The van der Waals surface area contributed by atoms with Gasteiger partial charge in [0.2, 0.25) is 0 Å². The van der Waals surface area contributed by atoms with E-state index in [0.29, 0.717) is 12.6 Å². The molecule has 18 heavy (non-hydrogen) atoms. The molecule has 104 valence electrons. The van der Waals surface area contributed by atoms with Gasteiger partial charge >= 0.3 is 0 Å². The van der Waals surface area contributed by atoms with Crippen LogP contribution in [-0.2, 0) is 14.2 Å². The summed E-state index contributed by atoms with van der Waals surface area (Å²) in [6.45, 7) is 4.89. The number of aliphatic hydroxyl groups is 1. The highest BCUT2D eigenvalue weighted by Crippen LogP contribution is 2.35. The van der Waals surface area contributed by atoms with Gasteiger partial charge in [-0.15, -0.1) is 0 Å². The maximum absolute atomic E-state index is 9.47. The Labute approximate surface area is 108 Å². The topological polar surface area (TPSA) is 51.2 Å². The Balaban J connectivity index is 1.67. The number of aliphatic hydroxyl groups excluding tert-OH is 1. The molecule has 0 aromatic carbocycles. The molecule has 3 aliphatic rings. The molecule has 5 heteroatoms. The van der Waals surface area contributed by atoms with Crippen LogP contribution >= 0.6 is 0 Å². The van der Waals surface area contributed by atoms with Crippen molar-refractivity contribution in [2.45, 2.75) is 36.9 Å². The molecule has 3 atom stereocenters. The predicted octanol–water partition coefficient (Wildman–Crippen LogP) is 0.0176. The lowest BCUT2D eigenvalue weighted by atomic mass is 9.88. The van der Waals surface area contributed by atoms with Gasteiger partial charge in [0.05, 0.1) is 38.1 Å². The Hall–Kier alpha value is -0.200. The molecule has 1 N–H and O–H groups in total. The van der Waals surface area contributed by atoms with E-state index < -0.39 is 0 Å². The summed E-state index contributed by atoms with van der Waals surface area (Å²) < 4.78 is 16.9. The van der Waals surface area contributed by atoms with E-state index in [2.05, 4.69) is 4.90 Å². The van der Waals surface area contributed by atoms with Gasteiger partial charge in [-0.25, -0.2) is 0 Å². The van der Waals surface area contributed by atoms with Gasteiger partial charge in [0, 0.05) is 32.2 Å². The smallest absolute Gasteiger partial charge is 0.0951 e. The molecule has 3 unspecified atom stereocenters. The van der Waals surface area contributed by atoms with Crippen molar-refractivity contribution in [2.24, 2.45) is 0 Å². The fourth-order valence-corrected chi connectivity index (χ4v) is 3.45. The van der Waals surface area contributed by atoms with Crippen LogP contribution in [0.15, 0.2) is 0 Å². The van der Waals surface area contributed by atoms with Crippen molar-refractivity contribution in [1.82, 2.24) is 4.90 Å². The highest BCUT2D eigenvalue weighted by Gasteiger charge is 2.43. The van der Waals surface area contributed by atoms with E-state index in [1.54, 1.807) is 0 Å². The first-order chi connectivity index (χ1) is 8.83. The second-order valence-corrected chi connectivity index (χ2v) is 5.63. The molecule has 0 aromatic rings. The zero-order valence-corrected chi connectivity index (χ0v) is 10.8. The van der Waals surface area contributed by atoms with Crippen LogP contribution in [0.2, 0.25) is 0 Å². The third-order valence-corrected chi connectivity index (χ3v) is 4.49. The maximum atomic E-state index is 9.47. The SMILES string of the molecule is OCC1COCCN1C1CCOC2(CCOC2)C1. The quantitative estimate of drug-likeness (QED) is 0.755. The molecule has 5 nitrogen and oxygen atoms in total. The van der Waals surface area contributed by atoms with Crippen LogP contribution in [0.5, 0.6) is 0 Å². The van der Waals surface area contributed by atoms with E-state index in [9.17, 15) is 5.11 Å². The van der Waals surface area contributed by atoms with Gasteiger partial charge in [-0.2, -0.15) is 0 Å². The van der Waals surface area contributed by atoms with Gasteiger partial charge in [0.25, 0.3) is 0 Å². The average Bonchev–Trinajstić information content (AvgIpc) is 2.86. The molecule has 3 aliphatic heterocycles. The predicted molar refractivity (Wildman–Crippen MR) is 65.5 cm³/mol. The summed E-state index contributed by atoms with van der Waals surface area (Å²) in [5.41, 5.74) is -0.0543. The first kappa shape index (κ1) is 12.8. The largest absolute Gasteiger partial charge is 0.395 e. The number of ether oxygens (including phenoxy) is 3. The molecule has 3 fully saturated rings. The summed E-state index contributed by atoms with van der Waals surface area (Å²) in [5, 5.41) is 9.47. The zero-order chi connectivity index (χ0) is 12.4. The van der Waals surface area contributed by atoms with Crippen LogP contribution in [0.3, 0.4) is 0 Å². The fraction of sp³-hybridized carbons (Fsp3) is 1.00. The number of nitrogens with zero attached hydrogens (tertiary/aromatic N) is 1. The van der Waals surface area contributed by atoms with E-state index in [4.69, 9.17) is 14.2 Å². The summed E-state index contributed by atoms with van der Waals surface area (Å²) in [5.74, 6) is 0. The van der Waals surface area contributed by atoms with E-state index in [1.165, 1.54) is 0 Å². The van der Waals surface area contributed by atoms with E-state index in [1.807, 2.05) is 0 Å². The third kappa shape index (κ3) is 2.42. The summed E-state index contributed by atoms with van der Waals surface area (Å²) >= 11 is 0. The van der Waals surface area contributed by atoms with Crippen molar-refractivity contribution in [3.63, 3.8) is 0 Å². The van der Waals surface area contributed by atoms with E-state index in [0.717, 1.165) is 52.2 Å². The minimum Gasteiger partial charge on any atom is -0.395 e. The zero-order valence-electron chi connectivity index (χ0n) is 10.8. The standard InChI is InChI=1S/C13H23NO4/c15-8-12-9-16-6-3-14(12)11-1-4-18-13(7-11)2-5-17-10-13/h11-12,15H,1-10H2. The van der Waals surface area contributed by atoms with Gasteiger partial charge in [-0.1, -0.05) is 0 Å². The molecule has 1 spiro atoms. The van der Waals surface area contributed by atoms with Gasteiger partial charge in [0.1, 0.15) is 0 Å². The van der Waals surface area contributed by atoms with Crippen LogP contribution in [0.1, 0.15) is 19.3 Å². The van der Waals surface area contributed by atoms with Crippen molar-refractivity contribution in [2.75, 3.05) is 46.2 Å². The van der Waals surface area contributed by atoms with Crippen LogP contribution < -0.4 is 0 Å². The number of morpholine rings is 1.